The van der Waals surface area contributed by atoms with Crippen LogP contribution >= 0.6 is 11.3 Å². The van der Waals surface area contributed by atoms with E-state index in [9.17, 15) is 0 Å². The van der Waals surface area contributed by atoms with E-state index in [1.54, 1.807) is 24.6 Å². The van der Waals surface area contributed by atoms with Crippen molar-refractivity contribution in [2.45, 2.75) is 20.0 Å². The zero-order chi connectivity index (χ0) is 10.8. The lowest BCUT2D eigenvalue weighted by molar-refractivity contribution is 0.119. The highest BCUT2D eigenvalue weighted by molar-refractivity contribution is 7.10. The molecule has 0 aliphatic heterocycles. The van der Waals surface area contributed by atoms with Crippen molar-refractivity contribution in [2.24, 2.45) is 0 Å². The summed E-state index contributed by atoms with van der Waals surface area (Å²) in [4.78, 5) is 4.48. The van der Waals surface area contributed by atoms with Crippen LogP contribution < -0.4 is 0 Å². The van der Waals surface area contributed by atoms with E-state index in [2.05, 4.69) is 10.1 Å². The summed E-state index contributed by atoms with van der Waals surface area (Å²) in [5.74, 6) is 0.789. The van der Waals surface area contributed by atoms with Gasteiger partial charge < -0.3 is 9.26 Å². The number of methoxy groups -OCH3 is 1. The lowest BCUT2D eigenvalue weighted by Gasteiger charge is -2.03. The molecule has 2 aromatic heterocycles. The molecule has 5 heteroatoms. The second-order valence-corrected chi connectivity index (χ2v) is 4.13. The van der Waals surface area contributed by atoms with Crippen LogP contribution in [0, 0.1) is 6.92 Å². The van der Waals surface area contributed by atoms with Crippen molar-refractivity contribution in [3.8, 4) is 11.3 Å². The molecule has 2 aromatic rings. The maximum Gasteiger partial charge on any atom is 0.143 e. The van der Waals surface area contributed by atoms with Gasteiger partial charge in [0.25, 0.3) is 0 Å². The summed E-state index contributed by atoms with van der Waals surface area (Å²) in [5, 5.41) is 6.69. The van der Waals surface area contributed by atoms with Gasteiger partial charge in [-0.3, -0.25) is 0 Å². The molecule has 15 heavy (non-hydrogen) atoms. The first-order valence-corrected chi connectivity index (χ1v) is 5.50. The number of rotatable bonds is 3. The van der Waals surface area contributed by atoms with Gasteiger partial charge in [-0.1, -0.05) is 5.16 Å². The van der Waals surface area contributed by atoms with Crippen LogP contribution in [0.15, 0.2) is 16.1 Å². The third kappa shape index (κ3) is 1.93. The minimum Gasteiger partial charge on any atom is -0.375 e. The number of hydrogen-bond acceptors (Lipinski definition) is 5. The highest BCUT2D eigenvalue weighted by Gasteiger charge is 2.13. The predicted octanol–water partition coefficient (Wildman–Crippen LogP) is 2.81. The molecule has 1 atom stereocenters. The van der Waals surface area contributed by atoms with Gasteiger partial charge in [0, 0.05) is 12.5 Å². The fraction of sp³-hybridized carbons (Fsp3) is 0.400. The lowest BCUT2D eigenvalue weighted by Crippen LogP contribution is -1.94. The van der Waals surface area contributed by atoms with E-state index in [4.69, 9.17) is 9.26 Å². The van der Waals surface area contributed by atoms with Crippen LogP contribution in [0.3, 0.4) is 0 Å². The minimum absolute atomic E-state index is 0.0314. The maximum absolute atomic E-state index is 5.21. The van der Waals surface area contributed by atoms with Crippen LogP contribution in [0.5, 0.6) is 0 Å². The average Bonchev–Trinajstić information content (AvgIpc) is 2.84. The zero-order valence-electron chi connectivity index (χ0n) is 8.85. The van der Waals surface area contributed by atoms with Crippen LogP contribution in [0.2, 0.25) is 0 Å². The van der Waals surface area contributed by atoms with Gasteiger partial charge in [-0.15, -0.1) is 11.3 Å². The van der Waals surface area contributed by atoms with Crippen molar-refractivity contribution in [3.05, 3.63) is 22.3 Å². The van der Waals surface area contributed by atoms with E-state index in [1.165, 1.54) is 0 Å². The summed E-state index contributed by atoms with van der Waals surface area (Å²) in [6.45, 7) is 3.85. The van der Waals surface area contributed by atoms with Gasteiger partial charge in [0.2, 0.25) is 0 Å². The molecule has 0 saturated heterocycles. The van der Waals surface area contributed by atoms with E-state index in [1.807, 2.05) is 19.2 Å². The standard InChI is InChI=1S/C10H12N2O2S/c1-6-8(4-11-14-6)9-5-15-10(12-9)7(2)13-3/h4-5,7H,1-3H3. The van der Waals surface area contributed by atoms with Gasteiger partial charge in [0.1, 0.15) is 16.9 Å². The fourth-order valence-corrected chi connectivity index (χ4v) is 2.09. The lowest BCUT2D eigenvalue weighted by atomic mass is 10.2. The van der Waals surface area contributed by atoms with Gasteiger partial charge in [-0.2, -0.15) is 0 Å². The van der Waals surface area contributed by atoms with Gasteiger partial charge in [0.15, 0.2) is 0 Å². The summed E-state index contributed by atoms with van der Waals surface area (Å²) in [5.41, 5.74) is 1.85. The van der Waals surface area contributed by atoms with Gasteiger partial charge in [0.05, 0.1) is 17.5 Å². The molecule has 0 fully saturated rings. The van der Waals surface area contributed by atoms with E-state index in [-0.39, 0.29) is 6.10 Å². The van der Waals surface area contributed by atoms with Crippen molar-refractivity contribution < 1.29 is 9.26 Å². The molecule has 0 spiro atoms. The second kappa shape index (κ2) is 4.12. The summed E-state index contributed by atoms with van der Waals surface area (Å²) in [7, 11) is 1.68. The Morgan fingerprint density at radius 1 is 1.53 bits per heavy atom. The highest BCUT2D eigenvalue weighted by Crippen LogP contribution is 2.28. The highest BCUT2D eigenvalue weighted by atomic mass is 32.1. The molecule has 4 nitrogen and oxygen atoms in total. The first-order chi connectivity index (χ1) is 7.22. The zero-order valence-corrected chi connectivity index (χ0v) is 9.67. The Morgan fingerprint density at radius 3 is 2.93 bits per heavy atom. The van der Waals surface area contributed by atoms with Crippen LogP contribution in [-0.2, 0) is 4.74 Å². The third-order valence-electron chi connectivity index (χ3n) is 2.25. The Labute approximate surface area is 91.9 Å². The number of aryl methyl sites for hydroxylation is 1. The van der Waals surface area contributed by atoms with Crippen LogP contribution in [0.25, 0.3) is 11.3 Å². The molecule has 0 amide bonds. The smallest absolute Gasteiger partial charge is 0.143 e. The average molecular weight is 224 g/mol. The second-order valence-electron chi connectivity index (χ2n) is 3.24. The van der Waals surface area contributed by atoms with Crippen molar-refractivity contribution in [2.75, 3.05) is 7.11 Å². The maximum atomic E-state index is 5.21. The van der Waals surface area contributed by atoms with Crippen molar-refractivity contribution >= 4 is 11.3 Å². The van der Waals surface area contributed by atoms with Crippen LogP contribution in [-0.4, -0.2) is 17.3 Å². The first-order valence-electron chi connectivity index (χ1n) is 4.62. The molecule has 80 valence electrons. The van der Waals surface area contributed by atoms with Crippen molar-refractivity contribution in [3.63, 3.8) is 0 Å². The van der Waals surface area contributed by atoms with Crippen LogP contribution in [0.4, 0.5) is 0 Å². The van der Waals surface area contributed by atoms with E-state index >= 15 is 0 Å². The van der Waals surface area contributed by atoms with Gasteiger partial charge >= 0.3 is 0 Å². The van der Waals surface area contributed by atoms with Gasteiger partial charge in [-0.05, 0) is 13.8 Å². The molecule has 0 aliphatic rings. The molecule has 1 unspecified atom stereocenters. The molecule has 2 heterocycles. The molecule has 0 aliphatic carbocycles. The van der Waals surface area contributed by atoms with E-state index < -0.39 is 0 Å². The summed E-state index contributed by atoms with van der Waals surface area (Å²) < 4.78 is 10.2. The SMILES string of the molecule is COC(C)c1nc(-c2cnoc2C)cs1. The molecule has 0 bridgehead atoms. The number of thiazole rings is 1. The van der Waals surface area contributed by atoms with E-state index in [0.717, 1.165) is 22.0 Å². The first kappa shape index (κ1) is 10.3. The topological polar surface area (TPSA) is 48.2 Å². The predicted molar refractivity (Wildman–Crippen MR) is 57.8 cm³/mol. The molecule has 2 rings (SSSR count). The summed E-state index contributed by atoms with van der Waals surface area (Å²) in [6.07, 6.45) is 1.72. The number of ether oxygens (including phenoxy) is 1. The molecule has 0 radical (unpaired) electrons. The Morgan fingerprint density at radius 2 is 2.33 bits per heavy atom. The Bertz CT molecular complexity index is 450. The molecule has 0 saturated carbocycles. The molecule has 0 N–H and O–H groups in total. The Kier molecular flexibility index (Phi) is 2.83. The number of nitrogens with zero attached hydrogens (tertiary/aromatic N) is 2. The van der Waals surface area contributed by atoms with Crippen molar-refractivity contribution in [1.82, 2.24) is 10.1 Å². The summed E-state index contributed by atoms with van der Waals surface area (Å²) >= 11 is 1.58. The number of aromatic nitrogens is 2. The Balaban J connectivity index is 2.32. The largest absolute Gasteiger partial charge is 0.375 e. The Hall–Kier alpha value is -1.20. The normalized spacial score (nSPS) is 13.0. The summed E-state index contributed by atoms with van der Waals surface area (Å²) in [6, 6.07) is 0. The quantitative estimate of drug-likeness (QED) is 0.804. The molecule has 0 aromatic carbocycles. The monoisotopic (exact) mass is 224 g/mol. The van der Waals surface area contributed by atoms with E-state index in [0.29, 0.717) is 0 Å². The number of hydrogen-bond donors (Lipinski definition) is 0. The van der Waals surface area contributed by atoms with Gasteiger partial charge in [-0.25, -0.2) is 4.98 Å². The third-order valence-corrected chi connectivity index (χ3v) is 3.26. The molecular formula is C10H12N2O2S. The minimum atomic E-state index is 0.0314. The van der Waals surface area contributed by atoms with Crippen molar-refractivity contribution in [1.29, 1.82) is 0 Å². The molecular weight excluding hydrogens is 212 g/mol. The van der Waals surface area contributed by atoms with Crippen LogP contribution in [0.1, 0.15) is 23.8 Å². The fourth-order valence-electron chi connectivity index (χ4n) is 1.24.